The second-order valence-electron chi connectivity index (χ2n) is 8.89. The second-order valence-corrected chi connectivity index (χ2v) is 8.89. The van der Waals surface area contributed by atoms with Crippen LogP contribution in [0.3, 0.4) is 0 Å². The molecule has 0 aromatic heterocycles. The molecule has 2 aromatic rings. The third-order valence-electron chi connectivity index (χ3n) is 5.89. The maximum atomic E-state index is 12.8. The van der Waals surface area contributed by atoms with E-state index >= 15 is 0 Å². The minimum Gasteiger partial charge on any atom is -0.479 e. The summed E-state index contributed by atoms with van der Waals surface area (Å²) in [7, 11) is 0. The lowest BCUT2D eigenvalue weighted by atomic mass is 9.95. The average Bonchev–Trinajstić information content (AvgIpc) is 2.88. The molecule has 4 atom stereocenters. The lowest BCUT2D eigenvalue weighted by Crippen LogP contribution is -2.61. The summed E-state index contributed by atoms with van der Waals surface area (Å²) in [4.78, 5) is 49.1. The van der Waals surface area contributed by atoms with Crippen LogP contribution in [0.5, 0.6) is 0 Å². The summed E-state index contributed by atoms with van der Waals surface area (Å²) in [5, 5.41) is 17.2. The Morgan fingerprint density at radius 2 is 1.41 bits per heavy atom. The lowest BCUT2D eigenvalue weighted by Gasteiger charge is -2.32. The van der Waals surface area contributed by atoms with Gasteiger partial charge in [-0.2, -0.15) is 0 Å². The molecule has 4 N–H and O–H groups in total. The Morgan fingerprint density at radius 3 is 1.89 bits per heavy atom. The average molecular weight is 514 g/mol. The monoisotopic (exact) mass is 513 g/mol. The maximum absolute atomic E-state index is 12.8. The highest BCUT2D eigenvalue weighted by Crippen LogP contribution is 2.16. The molecular formula is C27H35N3O7. The van der Waals surface area contributed by atoms with E-state index in [1.165, 1.54) is 13.8 Å². The highest BCUT2D eigenvalue weighted by atomic mass is 16.5. The molecule has 2 aromatic carbocycles. The summed E-state index contributed by atoms with van der Waals surface area (Å²) in [5.74, 6) is -3.10. The lowest BCUT2D eigenvalue weighted by molar-refractivity contribution is -0.154. The van der Waals surface area contributed by atoms with Crippen molar-refractivity contribution >= 4 is 23.7 Å². The largest absolute Gasteiger partial charge is 0.479 e. The molecule has 10 heteroatoms. The van der Waals surface area contributed by atoms with E-state index in [1.807, 2.05) is 60.7 Å². The fourth-order valence-corrected chi connectivity index (χ4v) is 3.42. The molecule has 3 amide bonds. The van der Waals surface area contributed by atoms with E-state index in [9.17, 15) is 24.3 Å². The molecule has 0 heterocycles. The van der Waals surface area contributed by atoms with Gasteiger partial charge in [-0.1, -0.05) is 60.7 Å². The van der Waals surface area contributed by atoms with Gasteiger partial charge in [-0.25, -0.2) is 4.79 Å². The van der Waals surface area contributed by atoms with Gasteiger partial charge < -0.3 is 30.5 Å². The Hall–Kier alpha value is -3.76. The smallest absolute Gasteiger partial charge is 0.331 e. The van der Waals surface area contributed by atoms with Gasteiger partial charge in [0.05, 0.1) is 32.0 Å². The van der Waals surface area contributed by atoms with E-state index in [0.717, 1.165) is 11.1 Å². The molecule has 0 radical (unpaired) electrons. The highest BCUT2D eigenvalue weighted by molar-refractivity contribution is 5.92. The van der Waals surface area contributed by atoms with Crippen molar-refractivity contribution < 1.29 is 33.8 Å². The molecular weight excluding hydrogens is 478 g/mol. The van der Waals surface area contributed by atoms with Crippen LogP contribution >= 0.6 is 0 Å². The molecule has 0 saturated carbocycles. The van der Waals surface area contributed by atoms with Gasteiger partial charge in [0.15, 0.2) is 5.54 Å². The van der Waals surface area contributed by atoms with Gasteiger partial charge >= 0.3 is 5.97 Å². The summed E-state index contributed by atoms with van der Waals surface area (Å²) in [6, 6.07) is 17.5. The third-order valence-corrected chi connectivity index (χ3v) is 5.89. The number of carboxylic acids is 1. The predicted octanol–water partition coefficient (Wildman–Crippen LogP) is 1.78. The fraction of sp³-hybridized carbons (Fsp3) is 0.407. The summed E-state index contributed by atoms with van der Waals surface area (Å²) < 4.78 is 11.5. The van der Waals surface area contributed by atoms with Gasteiger partial charge in [0, 0.05) is 6.92 Å². The van der Waals surface area contributed by atoms with Crippen molar-refractivity contribution in [3.8, 4) is 0 Å². The summed E-state index contributed by atoms with van der Waals surface area (Å²) in [6.07, 6.45) is -1.59. The molecule has 0 fully saturated rings. The predicted molar refractivity (Wildman–Crippen MR) is 136 cm³/mol. The SMILES string of the molecule is CC(=O)N[C@H](C(=O)NCC(=O)N[C@](C)(C(=O)O)[C@@H](C)OCc1ccccc1)[C@@H](C)OCc1ccccc1. The molecule has 0 bridgehead atoms. The molecule has 0 aliphatic rings. The van der Waals surface area contributed by atoms with Crippen LogP contribution in [-0.2, 0) is 41.9 Å². The first-order chi connectivity index (χ1) is 17.5. The van der Waals surface area contributed by atoms with Crippen molar-refractivity contribution in [2.75, 3.05) is 6.54 Å². The minimum absolute atomic E-state index is 0.163. The Kier molecular flexibility index (Phi) is 11.2. The zero-order chi connectivity index (χ0) is 27.4. The van der Waals surface area contributed by atoms with Crippen molar-refractivity contribution in [2.24, 2.45) is 0 Å². The number of nitrogens with one attached hydrogen (secondary N) is 3. The Bertz CT molecular complexity index is 1050. The van der Waals surface area contributed by atoms with Crippen LogP contribution in [0.15, 0.2) is 60.7 Å². The van der Waals surface area contributed by atoms with E-state index in [0.29, 0.717) is 0 Å². The molecule has 0 aliphatic carbocycles. The summed E-state index contributed by atoms with van der Waals surface area (Å²) in [5.41, 5.74) is 0.000239. The number of benzene rings is 2. The Balaban J connectivity index is 1.95. The topological polar surface area (TPSA) is 143 Å². The molecule has 0 spiro atoms. The van der Waals surface area contributed by atoms with E-state index in [4.69, 9.17) is 9.47 Å². The van der Waals surface area contributed by atoms with Crippen LogP contribution in [0, 0.1) is 0 Å². The van der Waals surface area contributed by atoms with Gasteiger partial charge in [0.2, 0.25) is 17.7 Å². The van der Waals surface area contributed by atoms with Crippen LogP contribution in [0.1, 0.15) is 38.8 Å². The first kappa shape index (κ1) is 29.5. The van der Waals surface area contributed by atoms with Crippen LogP contribution in [0.2, 0.25) is 0 Å². The number of carboxylic acid groups (broad SMARTS) is 1. The number of amides is 3. The Morgan fingerprint density at radius 1 is 0.892 bits per heavy atom. The second kappa shape index (κ2) is 14.1. The number of carbonyl (C=O) groups excluding carboxylic acids is 3. The highest BCUT2D eigenvalue weighted by Gasteiger charge is 2.41. The zero-order valence-corrected chi connectivity index (χ0v) is 21.5. The number of aliphatic carboxylic acids is 1. The number of carbonyl (C=O) groups is 4. The van der Waals surface area contributed by atoms with Crippen molar-refractivity contribution in [1.29, 1.82) is 0 Å². The quantitative estimate of drug-likeness (QED) is 0.302. The normalized spacial score (nSPS) is 14.9. The number of hydrogen-bond acceptors (Lipinski definition) is 6. The van der Waals surface area contributed by atoms with Gasteiger partial charge in [-0.05, 0) is 31.9 Å². The van der Waals surface area contributed by atoms with Gasteiger partial charge in [-0.15, -0.1) is 0 Å². The molecule has 37 heavy (non-hydrogen) atoms. The van der Waals surface area contributed by atoms with E-state index in [-0.39, 0.29) is 13.2 Å². The molecule has 0 aliphatic heterocycles. The van der Waals surface area contributed by atoms with Crippen LogP contribution in [0.4, 0.5) is 0 Å². The first-order valence-electron chi connectivity index (χ1n) is 11.9. The molecule has 10 nitrogen and oxygen atoms in total. The Labute approximate surface area is 216 Å². The third kappa shape index (κ3) is 9.32. The number of ether oxygens (including phenoxy) is 2. The first-order valence-corrected chi connectivity index (χ1v) is 11.9. The van der Waals surface area contributed by atoms with Crippen molar-refractivity contribution in [2.45, 2.75) is 64.7 Å². The van der Waals surface area contributed by atoms with Crippen LogP contribution in [-0.4, -0.2) is 59.1 Å². The van der Waals surface area contributed by atoms with Gasteiger partial charge in [-0.3, -0.25) is 14.4 Å². The summed E-state index contributed by atoms with van der Waals surface area (Å²) in [6.45, 7) is 5.68. The number of rotatable bonds is 14. The summed E-state index contributed by atoms with van der Waals surface area (Å²) >= 11 is 0. The van der Waals surface area contributed by atoms with E-state index in [1.54, 1.807) is 13.8 Å². The van der Waals surface area contributed by atoms with Gasteiger partial charge in [0.1, 0.15) is 6.04 Å². The van der Waals surface area contributed by atoms with Crippen molar-refractivity contribution in [3.63, 3.8) is 0 Å². The van der Waals surface area contributed by atoms with Crippen LogP contribution < -0.4 is 16.0 Å². The minimum atomic E-state index is -1.75. The van der Waals surface area contributed by atoms with Crippen molar-refractivity contribution in [3.05, 3.63) is 71.8 Å². The van der Waals surface area contributed by atoms with Crippen LogP contribution in [0.25, 0.3) is 0 Å². The van der Waals surface area contributed by atoms with E-state index < -0.39 is 54.0 Å². The zero-order valence-electron chi connectivity index (χ0n) is 21.5. The molecule has 0 unspecified atom stereocenters. The van der Waals surface area contributed by atoms with E-state index in [2.05, 4.69) is 16.0 Å². The number of hydrogen-bond donors (Lipinski definition) is 4. The molecule has 0 saturated heterocycles. The maximum Gasteiger partial charge on any atom is 0.331 e. The molecule has 2 rings (SSSR count). The standard InChI is InChI=1S/C27H35N3O7/c1-18(36-16-21-11-7-5-8-12-21)24(29-20(3)31)25(33)28-15-23(32)30-27(4,26(34)35)19(2)37-17-22-13-9-6-10-14-22/h5-14,18-19,24H,15-17H2,1-4H3,(H,28,33)(H,29,31)(H,30,32)(H,34,35)/t18-,19-,24+,27+/m1/s1. The fourth-order valence-electron chi connectivity index (χ4n) is 3.42. The van der Waals surface area contributed by atoms with Gasteiger partial charge in [0.25, 0.3) is 0 Å². The molecule has 200 valence electrons. The van der Waals surface area contributed by atoms with Crippen molar-refractivity contribution in [1.82, 2.24) is 16.0 Å².